The quantitative estimate of drug-likeness (QED) is 0.580. The Hall–Kier alpha value is -2.90. The van der Waals surface area contributed by atoms with E-state index in [-0.39, 0.29) is 17.2 Å². The van der Waals surface area contributed by atoms with Crippen molar-refractivity contribution in [2.24, 2.45) is 0 Å². The Morgan fingerprint density at radius 3 is 2.67 bits per heavy atom. The molecule has 1 atom stereocenters. The maximum absolute atomic E-state index is 10.9. The first-order valence-electron chi connectivity index (χ1n) is 6.29. The summed E-state index contributed by atoms with van der Waals surface area (Å²) in [6.07, 6.45) is 0. The largest absolute Gasteiger partial charge is 0.464 e. The van der Waals surface area contributed by atoms with Crippen molar-refractivity contribution in [2.45, 2.75) is 19.9 Å². The normalized spacial score (nSPS) is 12.5. The summed E-state index contributed by atoms with van der Waals surface area (Å²) in [5, 5.41) is 21.4. The Morgan fingerprint density at radius 1 is 1.24 bits per heavy atom. The molecular formula is C13H12N4O4. The number of nitrogens with one attached hydrogen (secondary N) is 1. The lowest BCUT2D eigenvalue weighted by Gasteiger charge is -2.12. The Bertz CT molecular complexity index is 807. The summed E-state index contributed by atoms with van der Waals surface area (Å²) in [7, 11) is 0. The molecule has 0 fully saturated rings. The highest BCUT2D eigenvalue weighted by atomic mass is 16.6. The number of nitro benzene ring substituents is 1. The zero-order valence-electron chi connectivity index (χ0n) is 11.4. The van der Waals surface area contributed by atoms with Crippen LogP contribution < -0.4 is 5.32 Å². The average Bonchev–Trinajstić information content (AvgIpc) is 3.07. The van der Waals surface area contributed by atoms with Crippen molar-refractivity contribution < 1.29 is 14.0 Å². The van der Waals surface area contributed by atoms with Gasteiger partial charge in [0.05, 0.1) is 16.7 Å². The highest BCUT2D eigenvalue weighted by Gasteiger charge is 2.21. The minimum absolute atomic E-state index is 0.118. The lowest BCUT2D eigenvalue weighted by molar-refractivity contribution is -0.383. The summed E-state index contributed by atoms with van der Waals surface area (Å²) in [5.74, 6) is 1.58. The van der Waals surface area contributed by atoms with Gasteiger partial charge in [0.1, 0.15) is 11.5 Å². The summed E-state index contributed by atoms with van der Waals surface area (Å²) >= 11 is 0. The summed E-state index contributed by atoms with van der Waals surface area (Å²) in [6.45, 7) is 3.78. The number of nitro groups is 1. The van der Waals surface area contributed by atoms with Gasteiger partial charge in [0.2, 0.25) is 5.52 Å². The van der Waals surface area contributed by atoms with Gasteiger partial charge in [-0.1, -0.05) is 0 Å². The molecule has 108 valence electrons. The third-order valence-corrected chi connectivity index (χ3v) is 3.15. The third kappa shape index (κ3) is 2.31. The maximum atomic E-state index is 10.9. The van der Waals surface area contributed by atoms with Crippen LogP contribution in [0.25, 0.3) is 11.0 Å². The van der Waals surface area contributed by atoms with Crippen LogP contribution in [-0.2, 0) is 0 Å². The standard InChI is InChI=1S/C13H12N4O4/c1-7-3-6-11(20-7)8(2)14-9-4-5-10(17(18)19)13-12(9)15-21-16-13/h3-6,8,14H,1-2H3. The molecule has 0 amide bonds. The highest BCUT2D eigenvalue weighted by Crippen LogP contribution is 2.31. The van der Waals surface area contributed by atoms with E-state index in [4.69, 9.17) is 4.42 Å². The van der Waals surface area contributed by atoms with Crippen LogP contribution in [-0.4, -0.2) is 15.2 Å². The zero-order chi connectivity index (χ0) is 15.0. The van der Waals surface area contributed by atoms with Crippen LogP contribution in [0.1, 0.15) is 24.5 Å². The van der Waals surface area contributed by atoms with E-state index in [0.717, 1.165) is 11.5 Å². The predicted molar refractivity (Wildman–Crippen MR) is 73.9 cm³/mol. The maximum Gasteiger partial charge on any atom is 0.300 e. The van der Waals surface area contributed by atoms with Gasteiger partial charge in [-0.25, -0.2) is 4.63 Å². The number of hydrogen-bond acceptors (Lipinski definition) is 7. The molecule has 0 radical (unpaired) electrons. The van der Waals surface area contributed by atoms with Crippen LogP contribution in [0.3, 0.4) is 0 Å². The molecule has 0 saturated carbocycles. The van der Waals surface area contributed by atoms with Crippen LogP contribution in [0.5, 0.6) is 0 Å². The Kier molecular flexibility index (Phi) is 3.05. The highest BCUT2D eigenvalue weighted by molar-refractivity contribution is 5.93. The van der Waals surface area contributed by atoms with Crippen molar-refractivity contribution in [3.63, 3.8) is 0 Å². The van der Waals surface area contributed by atoms with E-state index in [9.17, 15) is 10.1 Å². The van der Waals surface area contributed by atoms with Gasteiger partial charge in [-0.15, -0.1) is 0 Å². The molecule has 21 heavy (non-hydrogen) atoms. The van der Waals surface area contributed by atoms with E-state index in [0.29, 0.717) is 11.2 Å². The number of fused-ring (bicyclic) bond motifs is 1. The Morgan fingerprint density at radius 2 is 2.00 bits per heavy atom. The van der Waals surface area contributed by atoms with Crippen LogP contribution in [0.4, 0.5) is 11.4 Å². The first-order chi connectivity index (χ1) is 10.1. The first kappa shape index (κ1) is 13.1. The third-order valence-electron chi connectivity index (χ3n) is 3.15. The smallest absolute Gasteiger partial charge is 0.300 e. The van der Waals surface area contributed by atoms with Crippen molar-refractivity contribution >= 4 is 22.4 Å². The van der Waals surface area contributed by atoms with E-state index in [1.165, 1.54) is 6.07 Å². The Labute approximate surface area is 118 Å². The number of nitrogens with zero attached hydrogens (tertiary/aromatic N) is 3. The molecule has 0 aliphatic heterocycles. The minimum atomic E-state index is -0.518. The summed E-state index contributed by atoms with van der Waals surface area (Å²) < 4.78 is 10.2. The van der Waals surface area contributed by atoms with Gasteiger partial charge < -0.3 is 9.73 Å². The van der Waals surface area contributed by atoms with Gasteiger partial charge in [-0.3, -0.25) is 10.1 Å². The van der Waals surface area contributed by atoms with Gasteiger partial charge in [0.15, 0.2) is 5.52 Å². The molecule has 1 N–H and O–H groups in total. The summed E-state index contributed by atoms with van der Waals surface area (Å²) in [5.41, 5.74) is 0.892. The average molecular weight is 288 g/mol. The zero-order valence-corrected chi connectivity index (χ0v) is 11.4. The number of rotatable bonds is 4. The lowest BCUT2D eigenvalue weighted by atomic mass is 10.2. The van der Waals surface area contributed by atoms with Crippen molar-refractivity contribution in [3.05, 3.63) is 45.9 Å². The molecule has 0 aliphatic carbocycles. The summed E-state index contributed by atoms with van der Waals surface area (Å²) in [6, 6.07) is 6.57. The SMILES string of the molecule is Cc1ccc(C(C)Nc2ccc([N+](=O)[O-])c3nonc23)o1. The fourth-order valence-corrected chi connectivity index (χ4v) is 2.11. The lowest BCUT2D eigenvalue weighted by Crippen LogP contribution is -2.06. The summed E-state index contributed by atoms with van der Waals surface area (Å²) in [4.78, 5) is 10.4. The van der Waals surface area contributed by atoms with Gasteiger partial charge in [0.25, 0.3) is 0 Å². The molecule has 2 heterocycles. The number of hydrogen-bond donors (Lipinski definition) is 1. The predicted octanol–water partition coefficient (Wildman–Crippen LogP) is 3.21. The Balaban J connectivity index is 1.96. The molecule has 1 unspecified atom stereocenters. The van der Waals surface area contributed by atoms with E-state index in [1.54, 1.807) is 6.07 Å². The molecule has 8 heteroatoms. The van der Waals surface area contributed by atoms with Gasteiger partial charge in [0, 0.05) is 6.07 Å². The molecule has 3 aromatic rings. The van der Waals surface area contributed by atoms with Gasteiger partial charge in [-0.05, 0) is 42.4 Å². The molecule has 1 aromatic carbocycles. The number of benzene rings is 1. The van der Waals surface area contributed by atoms with Crippen LogP contribution in [0.2, 0.25) is 0 Å². The second-order valence-corrected chi connectivity index (χ2v) is 4.67. The van der Waals surface area contributed by atoms with E-state index in [2.05, 4.69) is 20.3 Å². The fraction of sp³-hybridized carbons (Fsp3) is 0.231. The van der Waals surface area contributed by atoms with Crippen LogP contribution in [0, 0.1) is 17.0 Å². The number of furan rings is 1. The number of aromatic nitrogens is 2. The van der Waals surface area contributed by atoms with Crippen LogP contribution in [0.15, 0.2) is 33.3 Å². The van der Waals surface area contributed by atoms with Crippen molar-refractivity contribution in [2.75, 3.05) is 5.32 Å². The second kappa shape index (κ2) is 4.89. The van der Waals surface area contributed by atoms with Gasteiger partial charge >= 0.3 is 5.69 Å². The van der Waals surface area contributed by atoms with Crippen molar-refractivity contribution in [3.8, 4) is 0 Å². The molecule has 2 aromatic heterocycles. The molecule has 0 saturated heterocycles. The molecular weight excluding hydrogens is 276 g/mol. The van der Waals surface area contributed by atoms with Crippen molar-refractivity contribution in [1.82, 2.24) is 10.3 Å². The van der Waals surface area contributed by atoms with E-state index < -0.39 is 4.92 Å². The molecule has 8 nitrogen and oxygen atoms in total. The molecule has 3 rings (SSSR count). The molecule has 0 spiro atoms. The molecule has 0 aliphatic rings. The number of anilines is 1. The first-order valence-corrected chi connectivity index (χ1v) is 6.29. The van der Waals surface area contributed by atoms with Crippen molar-refractivity contribution in [1.29, 1.82) is 0 Å². The molecule has 0 bridgehead atoms. The van der Waals surface area contributed by atoms with Crippen LogP contribution >= 0.6 is 0 Å². The number of aryl methyl sites for hydroxylation is 1. The number of non-ortho nitro benzene ring substituents is 1. The van der Waals surface area contributed by atoms with E-state index >= 15 is 0 Å². The topological polar surface area (TPSA) is 107 Å². The van der Waals surface area contributed by atoms with Gasteiger partial charge in [-0.2, -0.15) is 0 Å². The fourth-order valence-electron chi connectivity index (χ4n) is 2.11. The second-order valence-electron chi connectivity index (χ2n) is 4.67. The minimum Gasteiger partial charge on any atom is -0.464 e. The van der Waals surface area contributed by atoms with E-state index in [1.807, 2.05) is 26.0 Å². The monoisotopic (exact) mass is 288 g/mol.